The Hall–Kier alpha value is -0.340. The van der Waals surface area contributed by atoms with Gasteiger partial charge in [-0.3, -0.25) is 0 Å². The Morgan fingerprint density at radius 1 is 1.20 bits per heavy atom. The molecule has 1 heterocycles. The van der Waals surface area contributed by atoms with E-state index in [-0.39, 0.29) is 35.4 Å². The van der Waals surface area contributed by atoms with Gasteiger partial charge in [0.25, 0.3) is 0 Å². The van der Waals surface area contributed by atoms with Gasteiger partial charge in [-0.1, -0.05) is 11.6 Å². The molecule has 1 aromatic carbocycles. The van der Waals surface area contributed by atoms with Gasteiger partial charge in [-0.05, 0) is 23.8 Å². The lowest BCUT2D eigenvalue weighted by Gasteiger charge is -2.26. The summed E-state index contributed by atoms with van der Waals surface area (Å²) in [4.78, 5) is 0.0804. The summed E-state index contributed by atoms with van der Waals surface area (Å²) in [5, 5.41) is 0.403. The summed E-state index contributed by atoms with van der Waals surface area (Å²) in [5.41, 5.74) is 0.527. The van der Waals surface area contributed by atoms with Crippen molar-refractivity contribution in [2.45, 2.75) is 10.8 Å². The van der Waals surface area contributed by atoms with Crippen molar-refractivity contribution in [2.24, 2.45) is 0 Å². The fraction of sp³-hybridized carbons (Fsp3) is 0.455. The Morgan fingerprint density at radius 2 is 1.80 bits per heavy atom. The molecule has 0 unspecified atom stereocenters. The molecule has 112 valence electrons. The van der Waals surface area contributed by atoms with Crippen molar-refractivity contribution in [3.05, 3.63) is 28.8 Å². The molecular weight excluding hydrogens is 345 g/mol. The molecular formula is C11H13Cl2NO4S2. The van der Waals surface area contributed by atoms with E-state index in [1.165, 1.54) is 22.5 Å². The summed E-state index contributed by atoms with van der Waals surface area (Å²) in [7, 11) is -6.84. The third-order valence-electron chi connectivity index (χ3n) is 3.10. The van der Waals surface area contributed by atoms with Crippen LogP contribution in [-0.4, -0.2) is 45.7 Å². The Bertz CT molecular complexity index is 702. The molecule has 1 saturated heterocycles. The maximum Gasteiger partial charge on any atom is 0.243 e. The Morgan fingerprint density at radius 3 is 2.35 bits per heavy atom. The number of sulfonamides is 1. The van der Waals surface area contributed by atoms with Gasteiger partial charge < -0.3 is 0 Å². The minimum atomic E-state index is -3.71. The Balaban J connectivity index is 2.32. The zero-order valence-electron chi connectivity index (χ0n) is 10.4. The molecule has 2 rings (SSSR count). The van der Waals surface area contributed by atoms with Crippen LogP contribution in [0.4, 0.5) is 0 Å². The maximum atomic E-state index is 12.4. The largest absolute Gasteiger partial charge is 0.243 e. The van der Waals surface area contributed by atoms with Gasteiger partial charge >= 0.3 is 0 Å². The van der Waals surface area contributed by atoms with Gasteiger partial charge in [0.1, 0.15) is 0 Å². The molecule has 1 aliphatic heterocycles. The smallest absolute Gasteiger partial charge is 0.229 e. The van der Waals surface area contributed by atoms with E-state index in [4.69, 9.17) is 23.2 Å². The van der Waals surface area contributed by atoms with Gasteiger partial charge in [-0.15, -0.1) is 11.6 Å². The van der Waals surface area contributed by atoms with Crippen molar-refractivity contribution in [3.8, 4) is 0 Å². The van der Waals surface area contributed by atoms with Crippen molar-refractivity contribution in [2.75, 3.05) is 24.6 Å². The summed E-state index contributed by atoms with van der Waals surface area (Å²) >= 11 is 11.6. The average Bonchev–Trinajstić information content (AvgIpc) is 2.38. The number of alkyl halides is 1. The predicted molar refractivity (Wildman–Crippen MR) is 78.4 cm³/mol. The zero-order valence-corrected chi connectivity index (χ0v) is 13.6. The van der Waals surface area contributed by atoms with E-state index in [2.05, 4.69) is 0 Å². The first-order chi connectivity index (χ1) is 9.26. The second kappa shape index (κ2) is 5.81. The highest BCUT2D eigenvalue weighted by Crippen LogP contribution is 2.25. The Labute approximate surface area is 128 Å². The normalized spacial score (nSPS) is 19.9. The predicted octanol–water partition coefficient (Wildman–Crippen LogP) is 1.50. The molecule has 0 bridgehead atoms. The standard InChI is InChI=1S/C11H13Cl2NO4S2/c12-8-9-7-10(1-2-11(9)13)20(17,18)14-3-5-19(15,16)6-4-14/h1-2,7H,3-6,8H2. The minimum absolute atomic E-state index is 0.0243. The molecule has 0 N–H and O–H groups in total. The van der Waals surface area contributed by atoms with E-state index < -0.39 is 19.9 Å². The monoisotopic (exact) mass is 357 g/mol. The van der Waals surface area contributed by atoms with Crippen molar-refractivity contribution in [1.29, 1.82) is 0 Å². The molecule has 1 aliphatic rings. The first-order valence-corrected chi connectivity index (χ1v) is 9.98. The quantitative estimate of drug-likeness (QED) is 0.768. The van der Waals surface area contributed by atoms with E-state index >= 15 is 0 Å². The lowest BCUT2D eigenvalue weighted by atomic mass is 10.2. The average molecular weight is 358 g/mol. The van der Waals surface area contributed by atoms with Gasteiger partial charge in [0.05, 0.1) is 16.4 Å². The van der Waals surface area contributed by atoms with Crippen LogP contribution in [0.1, 0.15) is 5.56 Å². The number of benzene rings is 1. The van der Waals surface area contributed by atoms with Crippen molar-refractivity contribution in [3.63, 3.8) is 0 Å². The third kappa shape index (κ3) is 3.28. The molecule has 0 spiro atoms. The lowest BCUT2D eigenvalue weighted by Crippen LogP contribution is -2.43. The molecule has 9 heteroatoms. The van der Waals surface area contributed by atoms with Crippen LogP contribution in [0.5, 0.6) is 0 Å². The van der Waals surface area contributed by atoms with Crippen LogP contribution in [0, 0.1) is 0 Å². The first-order valence-electron chi connectivity index (χ1n) is 5.81. The molecule has 0 atom stereocenters. The highest BCUT2D eigenvalue weighted by Gasteiger charge is 2.31. The van der Waals surface area contributed by atoms with Crippen LogP contribution in [-0.2, 0) is 25.7 Å². The van der Waals surface area contributed by atoms with Gasteiger partial charge in [0, 0.05) is 24.0 Å². The molecule has 1 fully saturated rings. The van der Waals surface area contributed by atoms with E-state index in [1.54, 1.807) is 0 Å². The minimum Gasteiger partial charge on any atom is -0.229 e. The highest BCUT2D eigenvalue weighted by molar-refractivity contribution is 7.92. The lowest BCUT2D eigenvalue weighted by molar-refractivity contribution is 0.430. The van der Waals surface area contributed by atoms with E-state index in [0.29, 0.717) is 10.6 Å². The summed E-state index contributed by atoms with van der Waals surface area (Å²) in [6.07, 6.45) is 0. The Kier molecular flexibility index (Phi) is 4.66. The van der Waals surface area contributed by atoms with Crippen molar-refractivity contribution in [1.82, 2.24) is 4.31 Å². The number of hydrogen-bond acceptors (Lipinski definition) is 4. The SMILES string of the molecule is O=S1(=O)CCN(S(=O)(=O)c2ccc(Cl)c(CCl)c2)CC1. The summed E-state index contributed by atoms with van der Waals surface area (Å²) in [5.74, 6) is -0.194. The van der Waals surface area contributed by atoms with Gasteiger partial charge in [0.2, 0.25) is 10.0 Å². The third-order valence-corrected chi connectivity index (χ3v) is 7.26. The number of rotatable bonds is 3. The van der Waals surface area contributed by atoms with Crippen molar-refractivity contribution >= 4 is 43.1 Å². The summed E-state index contributed by atoms with van der Waals surface area (Å²) in [6.45, 7) is -0.0486. The number of hydrogen-bond donors (Lipinski definition) is 0. The van der Waals surface area contributed by atoms with Gasteiger partial charge in [-0.25, -0.2) is 16.8 Å². The topological polar surface area (TPSA) is 71.5 Å². The number of halogens is 2. The zero-order chi connectivity index (χ0) is 15.0. The summed E-state index contributed by atoms with van der Waals surface area (Å²) in [6, 6.07) is 4.30. The van der Waals surface area contributed by atoms with Crippen LogP contribution in [0.25, 0.3) is 0 Å². The molecule has 0 saturated carbocycles. The molecule has 20 heavy (non-hydrogen) atoms. The van der Waals surface area contributed by atoms with Crippen LogP contribution < -0.4 is 0 Å². The maximum absolute atomic E-state index is 12.4. The molecule has 0 aliphatic carbocycles. The van der Waals surface area contributed by atoms with Crippen molar-refractivity contribution < 1.29 is 16.8 Å². The van der Waals surface area contributed by atoms with Gasteiger partial charge in [-0.2, -0.15) is 4.31 Å². The van der Waals surface area contributed by atoms with Crippen LogP contribution in [0.15, 0.2) is 23.1 Å². The van der Waals surface area contributed by atoms with E-state index in [9.17, 15) is 16.8 Å². The molecule has 0 aromatic heterocycles. The highest BCUT2D eigenvalue weighted by atomic mass is 35.5. The van der Waals surface area contributed by atoms with Crippen LogP contribution in [0.2, 0.25) is 5.02 Å². The number of sulfone groups is 1. The second-order valence-electron chi connectivity index (χ2n) is 4.44. The second-order valence-corrected chi connectivity index (χ2v) is 9.36. The van der Waals surface area contributed by atoms with Gasteiger partial charge in [0.15, 0.2) is 9.84 Å². The fourth-order valence-corrected chi connectivity index (χ4v) is 5.30. The van der Waals surface area contributed by atoms with Crippen LogP contribution >= 0.6 is 23.2 Å². The van der Waals surface area contributed by atoms with E-state index in [1.807, 2.05) is 0 Å². The number of nitrogens with zero attached hydrogens (tertiary/aromatic N) is 1. The summed E-state index contributed by atoms with van der Waals surface area (Å²) < 4.78 is 48.7. The molecule has 0 amide bonds. The molecule has 0 radical (unpaired) electrons. The fourth-order valence-electron chi connectivity index (χ4n) is 1.90. The molecule has 1 aromatic rings. The first kappa shape index (κ1) is 16.0. The molecule has 5 nitrogen and oxygen atoms in total. The van der Waals surface area contributed by atoms with E-state index in [0.717, 1.165) is 0 Å². The van der Waals surface area contributed by atoms with Crippen LogP contribution in [0.3, 0.4) is 0 Å².